The lowest BCUT2D eigenvalue weighted by atomic mass is 10.1. The van der Waals surface area contributed by atoms with Gasteiger partial charge < -0.3 is 10.6 Å². The van der Waals surface area contributed by atoms with E-state index in [9.17, 15) is 0 Å². The number of nitrogens with zero attached hydrogens (tertiary/aromatic N) is 3. The Balaban J connectivity index is 1.33. The van der Waals surface area contributed by atoms with Crippen molar-refractivity contribution in [3.05, 3.63) is 46.5 Å². The molecule has 2 N–H and O–H groups in total. The van der Waals surface area contributed by atoms with Crippen LogP contribution in [0.15, 0.2) is 30.3 Å². The highest BCUT2D eigenvalue weighted by Crippen LogP contribution is 2.24. The fraction of sp³-hybridized carbons (Fsp3) is 0.476. The van der Waals surface area contributed by atoms with Crippen LogP contribution in [0.5, 0.6) is 0 Å². The van der Waals surface area contributed by atoms with E-state index >= 15 is 0 Å². The SMILES string of the molecule is Nc1nc2c(s1)CCN(C/C=C/c1cccc(N3CCCCC3)c1)CC2. The van der Waals surface area contributed by atoms with Gasteiger partial charge in [0.25, 0.3) is 0 Å². The van der Waals surface area contributed by atoms with Gasteiger partial charge in [0.2, 0.25) is 0 Å². The van der Waals surface area contributed by atoms with Crippen molar-refractivity contribution >= 4 is 28.2 Å². The molecule has 4 nitrogen and oxygen atoms in total. The minimum atomic E-state index is 0.719. The molecule has 2 aromatic rings. The zero-order chi connectivity index (χ0) is 17.8. The maximum Gasteiger partial charge on any atom is 0.180 e. The lowest BCUT2D eigenvalue weighted by Crippen LogP contribution is -2.29. The quantitative estimate of drug-likeness (QED) is 0.891. The first-order valence-electron chi connectivity index (χ1n) is 9.76. The van der Waals surface area contributed by atoms with Crippen molar-refractivity contribution in [1.82, 2.24) is 9.88 Å². The van der Waals surface area contributed by atoms with Crippen molar-refractivity contribution < 1.29 is 0 Å². The van der Waals surface area contributed by atoms with Crippen LogP contribution in [0, 0.1) is 0 Å². The number of anilines is 2. The van der Waals surface area contributed by atoms with Crippen molar-refractivity contribution in [2.24, 2.45) is 0 Å². The minimum absolute atomic E-state index is 0.719. The highest BCUT2D eigenvalue weighted by atomic mass is 32.1. The molecule has 2 aliphatic heterocycles. The lowest BCUT2D eigenvalue weighted by molar-refractivity contribution is 0.318. The fourth-order valence-electron chi connectivity index (χ4n) is 3.93. The van der Waals surface area contributed by atoms with Crippen LogP contribution in [0.2, 0.25) is 0 Å². The summed E-state index contributed by atoms with van der Waals surface area (Å²) in [5.74, 6) is 0. The maximum atomic E-state index is 5.83. The monoisotopic (exact) mass is 368 g/mol. The molecule has 1 aromatic heterocycles. The van der Waals surface area contributed by atoms with Gasteiger partial charge >= 0.3 is 0 Å². The average Bonchev–Trinajstić information content (AvgIpc) is 2.94. The van der Waals surface area contributed by atoms with E-state index in [0.29, 0.717) is 0 Å². The van der Waals surface area contributed by atoms with E-state index in [4.69, 9.17) is 5.73 Å². The lowest BCUT2D eigenvalue weighted by Gasteiger charge is -2.29. The predicted octanol–water partition coefficient (Wildman–Crippen LogP) is 3.83. The first-order valence-corrected chi connectivity index (χ1v) is 10.6. The van der Waals surface area contributed by atoms with Crippen LogP contribution in [-0.2, 0) is 12.8 Å². The van der Waals surface area contributed by atoms with Gasteiger partial charge in [-0.3, -0.25) is 4.90 Å². The Bertz CT molecular complexity index is 736. The van der Waals surface area contributed by atoms with Crippen LogP contribution in [0.3, 0.4) is 0 Å². The standard InChI is InChI=1S/C21H28N4S/c22-21-23-19-9-14-24(15-10-20(19)26-21)11-5-7-17-6-4-8-18(16-17)25-12-2-1-3-13-25/h4-8,16H,1-3,9-15H2,(H2,22,23)/b7-5+. The first kappa shape index (κ1) is 17.6. The minimum Gasteiger partial charge on any atom is -0.375 e. The Morgan fingerprint density at radius 3 is 2.81 bits per heavy atom. The van der Waals surface area contributed by atoms with Crippen molar-refractivity contribution in [3.63, 3.8) is 0 Å². The summed E-state index contributed by atoms with van der Waals surface area (Å²) in [5, 5.41) is 0.719. The van der Waals surface area contributed by atoms with Crippen LogP contribution >= 0.6 is 11.3 Å². The van der Waals surface area contributed by atoms with Gasteiger partial charge in [0, 0.05) is 49.7 Å². The van der Waals surface area contributed by atoms with Crippen molar-refractivity contribution in [3.8, 4) is 0 Å². The van der Waals surface area contributed by atoms with Crippen LogP contribution in [-0.4, -0.2) is 42.6 Å². The van der Waals surface area contributed by atoms with E-state index in [1.807, 2.05) is 0 Å². The van der Waals surface area contributed by atoms with Gasteiger partial charge in [0.05, 0.1) is 5.69 Å². The van der Waals surface area contributed by atoms with Crippen LogP contribution < -0.4 is 10.6 Å². The van der Waals surface area contributed by atoms with Crippen molar-refractivity contribution in [2.75, 3.05) is 43.4 Å². The molecule has 1 fully saturated rings. The summed E-state index contributed by atoms with van der Waals surface area (Å²) in [4.78, 5) is 10.9. The van der Waals surface area contributed by atoms with Crippen molar-refractivity contribution in [1.29, 1.82) is 0 Å². The normalized spacial score (nSPS) is 18.8. The maximum absolute atomic E-state index is 5.83. The van der Waals surface area contributed by atoms with Gasteiger partial charge in [0.1, 0.15) is 0 Å². The van der Waals surface area contributed by atoms with Gasteiger partial charge in [-0.1, -0.05) is 24.3 Å². The van der Waals surface area contributed by atoms with E-state index in [2.05, 4.69) is 51.2 Å². The third-order valence-electron chi connectivity index (χ3n) is 5.38. The number of hydrogen-bond acceptors (Lipinski definition) is 5. The van der Waals surface area contributed by atoms with Crippen LogP contribution in [0.4, 0.5) is 10.8 Å². The first-order chi connectivity index (χ1) is 12.8. The van der Waals surface area contributed by atoms with Crippen LogP contribution in [0.25, 0.3) is 6.08 Å². The summed E-state index contributed by atoms with van der Waals surface area (Å²) in [7, 11) is 0. The molecule has 0 aliphatic carbocycles. The molecule has 4 rings (SSSR count). The Kier molecular flexibility index (Phi) is 5.56. The van der Waals surface area contributed by atoms with E-state index in [-0.39, 0.29) is 0 Å². The molecular weight excluding hydrogens is 340 g/mol. The van der Waals surface area contributed by atoms with Crippen molar-refractivity contribution in [2.45, 2.75) is 32.1 Å². The molecule has 0 unspecified atom stereocenters. The Labute approximate surface area is 160 Å². The molecule has 138 valence electrons. The molecular formula is C21H28N4S. The van der Waals surface area contributed by atoms with Gasteiger partial charge in [-0.05, 0) is 43.4 Å². The van der Waals surface area contributed by atoms with E-state index in [1.54, 1.807) is 11.3 Å². The Morgan fingerprint density at radius 2 is 1.92 bits per heavy atom. The molecule has 0 saturated carbocycles. The number of benzene rings is 1. The summed E-state index contributed by atoms with van der Waals surface area (Å²) in [6.45, 7) is 5.55. The number of nitrogens with two attached hydrogens (primary N) is 1. The van der Waals surface area contributed by atoms with Crippen LogP contribution in [0.1, 0.15) is 35.4 Å². The summed E-state index contributed by atoms with van der Waals surface area (Å²) in [6, 6.07) is 8.96. The van der Waals surface area contributed by atoms with E-state index in [0.717, 1.165) is 37.6 Å². The number of thiazole rings is 1. The molecule has 0 amide bonds. The largest absolute Gasteiger partial charge is 0.375 e. The Morgan fingerprint density at radius 1 is 1.08 bits per heavy atom. The third-order valence-corrected chi connectivity index (χ3v) is 6.37. The Hall–Kier alpha value is -1.85. The molecule has 0 radical (unpaired) electrons. The summed E-state index contributed by atoms with van der Waals surface area (Å²) >= 11 is 1.66. The number of fused-ring (bicyclic) bond motifs is 1. The molecule has 26 heavy (non-hydrogen) atoms. The van der Waals surface area contributed by atoms with E-state index in [1.165, 1.54) is 54.2 Å². The number of piperidine rings is 1. The molecule has 3 heterocycles. The highest BCUT2D eigenvalue weighted by molar-refractivity contribution is 7.15. The topological polar surface area (TPSA) is 45.4 Å². The second-order valence-electron chi connectivity index (χ2n) is 7.27. The number of nitrogen functional groups attached to an aromatic ring is 1. The van der Waals surface area contributed by atoms with E-state index < -0.39 is 0 Å². The van der Waals surface area contributed by atoms with Gasteiger partial charge in [-0.25, -0.2) is 4.98 Å². The number of hydrogen-bond donors (Lipinski definition) is 1. The van der Waals surface area contributed by atoms with Gasteiger partial charge in [-0.15, -0.1) is 11.3 Å². The number of aromatic nitrogens is 1. The molecule has 1 saturated heterocycles. The average molecular weight is 369 g/mol. The summed E-state index contributed by atoms with van der Waals surface area (Å²) in [6.07, 6.45) is 10.7. The third kappa shape index (κ3) is 4.27. The second kappa shape index (κ2) is 8.23. The smallest absolute Gasteiger partial charge is 0.180 e. The summed E-state index contributed by atoms with van der Waals surface area (Å²) in [5.41, 5.74) is 9.72. The molecule has 1 aromatic carbocycles. The highest BCUT2D eigenvalue weighted by Gasteiger charge is 2.16. The zero-order valence-corrected chi connectivity index (χ0v) is 16.2. The molecule has 0 bridgehead atoms. The van der Waals surface area contributed by atoms with Gasteiger partial charge in [0.15, 0.2) is 5.13 Å². The predicted molar refractivity (Wildman–Crippen MR) is 112 cm³/mol. The fourth-order valence-corrected chi connectivity index (χ4v) is 4.79. The molecule has 0 spiro atoms. The van der Waals surface area contributed by atoms with Gasteiger partial charge in [-0.2, -0.15) is 0 Å². The summed E-state index contributed by atoms with van der Waals surface area (Å²) < 4.78 is 0. The number of rotatable bonds is 4. The second-order valence-corrected chi connectivity index (χ2v) is 8.38. The molecule has 5 heteroatoms. The zero-order valence-electron chi connectivity index (χ0n) is 15.4. The molecule has 0 atom stereocenters. The molecule has 2 aliphatic rings.